The molecule has 1 atom stereocenters. The highest BCUT2D eigenvalue weighted by atomic mass is 16.6. The molecule has 0 unspecified atom stereocenters. The van der Waals surface area contributed by atoms with E-state index < -0.39 is 5.60 Å². The second kappa shape index (κ2) is 4.97. The lowest BCUT2D eigenvalue weighted by Gasteiger charge is -2.33. The largest absolute Gasteiger partial charge is 0.451 e. The van der Waals surface area contributed by atoms with Crippen molar-refractivity contribution in [2.24, 2.45) is 0 Å². The smallest absolute Gasteiger partial charge is 0.410 e. The van der Waals surface area contributed by atoms with Crippen molar-refractivity contribution >= 4 is 6.09 Å². The van der Waals surface area contributed by atoms with Crippen molar-refractivity contribution in [3.8, 4) is 0 Å². The quantitative estimate of drug-likeness (QED) is 0.766. The molecular formula is C12H18N2O4. The molecule has 0 radical (unpaired) electrons. The number of oxazole rings is 1. The minimum absolute atomic E-state index is 0.245. The molecule has 1 fully saturated rings. The summed E-state index contributed by atoms with van der Waals surface area (Å²) in [5, 5.41) is 0. The Labute approximate surface area is 106 Å². The lowest BCUT2D eigenvalue weighted by Crippen LogP contribution is -2.44. The Kier molecular flexibility index (Phi) is 3.56. The van der Waals surface area contributed by atoms with E-state index in [-0.39, 0.29) is 12.2 Å². The van der Waals surface area contributed by atoms with Gasteiger partial charge in [0.05, 0.1) is 13.2 Å². The van der Waals surface area contributed by atoms with Crippen molar-refractivity contribution in [3.63, 3.8) is 0 Å². The van der Waals surface area contributed by atoms with E-state index in [1.165, 1.54) is 12.7 Å². The molecule has 1 aromatic rings. The van der Waals surface area contributed by atoms with Crippen LogP contribution in [0.1, 0.15) is 32.6 Å². The Bertz CT molecular complexity index is 397. The Morgan fingerprint density at radius 1 is 1.56 bits per heavy atom. The van der Waals surface area contributed by atoms with Crippen LogP contribution in [-0.2, 0) is 9.47 Å². The molecule has 0 N–H and O–H groups in total. The number of carbonyl (C=O) groups excluding carboxylic acids is 1. The summed E-state index contributed by atoms with van der Waals surface area (Å²) >= 11 is 0. The van der Waals surface area contributed by atoms with E-state index in [0.29, 0.717) is 25.4 Å². The minimum atomic E-state index is -0.487. The first-order valence-electron chi connectivity index (χ1n) is 5.93. The van der Waals surface area contributed by atoms with Crippen molar-refractivity contribution in [2.75, 3.05) is 19.7 Å². The van der Waals surface area contributed by atoms with Gasteiger partial charge in [-0.05, 0) is 20.8 Å². The van der Waals surface area contributed by atoms with Crippen LogP contribution in [0.5, 0.6) is 0 Å². The molecule has 0 bridgehead atoms. The number of amides is 1. The molecule has 0 spiro atoms. The van der Waals surface area contributed by atoms with Crippen LogP contribution in [0.3, 0.4) is 0 Å². The van der Waals surface area contributed by atoms with E-state index >= 15 is 0 Å². The molecule has 1 saturated heterocycles. The first-order valence-corrected chi connectivity index (χ1v) is 5.93. The highest BCUT2D eigenvalue weighted by Gasteiger charge is 2.29. The normalized spacial score (nSPS) is 20.8. The van der Waals surface area contributed by atoms with Crippen molar-refractivity contribution in [1.29, 1.82) is 0 Å². The van der Waals surface area contributed by atoms with Gasteiger partial charge < -0.3 is 18.8 Å². The molecule has 0 saturated carbocycles. The number of nitrogens with zero attached hydrogens (tertiary/aromatic N) is 2. The average molecular weight is 254 g/mol. The fraction of sp³-hybridized carbons (Fsp3) is 0.667. The average Bonchev–Trinajstić information content (AvgIpc) is 2.80. The zero-order valence-electron chi connectivity index (χ0n) is 10.9. The van der Waals surface area contributed by atoms with Crippen LogP contribution >= 0.6 is 0 Å². The van der Waals surface area contributed by atoms with Gasteiger partial charge in [-0.25, -0.2) is 9.78 Å². The molecule has 2 heterocycles. The Hall–Kier alpha value is -1.56. The Balaban J connectivity index is 1.96. The van der Waals surface area contributed by atoms with Crippen LogP contribution in [0.15, 0.2) is 17.1 Å². The van der Waals surface area contributed by atoms with Crippen molar-refractivity contribution in [2.45, 2.75) is 32.5 Å². The first-order chi connectivity index (χ1) is 8.46. The molecule has 1 aliphatic heterocycles. The first kappa shape index (κ1) is 12.9. The molecule has 100 valence electrons. The lowest BCUT2D eigenvalue weighted by atomic mass is 10.2. The van der Waals surface area contributed by atoms with Gasteiger partial charge in [-0.15, -0.1) is 0 Å². The monoisotopic (exact) mass is 254 g/mol. The standard InChI is InChI=1S/C12H18N2O4/c1-12(2,3)18-11(15)14-4-5-17-10(6-14)9-7-16-8-13-9/h7-8,10H,4-6H2,1-3H3/t10-/m0/s1. The SMILES string of the molecule is CC(C)(C)OC(=O)N1CCO[C@H](c2cocn2)C1. The van der Waals surface area contributed by atoms with Crippen LogP contribution in [0.4, 0.5) is 4.79 Å². The van der Waals surface area contributed by atoms with Crippen LogP contribution in [-0.4, -0.2) is 41.3 Å². The van der Waals surface area contributed by atoms with E-state index in [0.717, 1.165) is 0 Å². The Morgan fingerprint density at radius 2 is 2.33 bits per heavy atom. The fourth-order valence-electron chi connectivity index (χ4n) is 1.70. The van der Waals surface area contributed by atoms with E-state index in [1.807, 2.05) is 20.8 Å². The lowest BCUT2D eigenvalue weighted by molar-refractivity contribution is -0.0447. The topological polar surface area (TPSA) is 64.8 Å². The van der Waals surface area contributed by atoms with Crippen LogP contribution < -0.4 is 0 Å². The number of hydrogen-bond acceptors (Lipinski definition) is 5. The second-order valence-corrected chi connectivity index (χ2v) is 5.20. The van der Waals surface area contributed by atoms with Gasteiger partial charge in [-0.3, -0.25) is 0 Å². The van der Waals surface area contributed by atoms with E-state index in [1.54, 1.807) is 4.90 Å². The molecule has 1 aliphatic rings. The molecule has 1 amide bonds. The van der Waals surface area contributed by atoms with Crippen LogP contribution in [0, 0.1) is 0 Å². The molecule has 1 aromatic heterocycles. The van der Waals surface area contributed by atoms with Crippen molar-refractivity contribution < 1.29 is 18.7 Å². The highest BCUT2D eigenvalue weighted by Crippen LogP contribution is 2.22. The third kappa shape index (κ3) is 3.22. The summed E-state index contributed by atoms with van der Waals surface area (Å²) < 4.78 is 15.8. The molecule has 0 aromatic carbocycles. The summed E-state index contributed by atoms with van der Waals surface area (Å²) in [6.07, 6.45) is 2.32. The van der Waals surface area contributed by atoms with E-state index in [4.69, 9.17) is 13.9 Å². The number of rotatable bonds is 1. The summed E-state index contributed by atoms with van der Waals surface area (Å²) in [5.41, 5.74) is 0.210. The van der Waals surface area contributed by atoms with E-state index in [2.05, 4.69) is 4.98 Å². The molecule has 6 nitrogen and oxygen atoms in total. The van der Waals surface area contributed by atoms with Gasteiger partial charge in [0.2, 0.25) is 0 Å². The van der Waals surface area contributed by atoms with Gasteiger partial charge in [0.15, 0.2) is 6.39 Å². The van der Waals surface area contributed by atoms with Crippen molar-refractivity contribution in [3.05, 3.63) is 18.4 Å². The van der Waals surface area contributed by atoms with Gasteiger partial charge in [0.25, 0.3) is 0 Å². The number of aromatic nitrogens is 1. The third-order valence-electron chi connectivity index (χ3n) is 2.50. The maximum atomic E-state index is 11.9. The fourth-order valence-corrected chi connectivity index (χ4v) is 1.70. The molecule has 2 rings (SSSR count). The Morgan fingerprint density at radius 3 is 2.94 bits per heavy atom. The summed E-state index contributed by atoms with van der Waals surface area (Å²) in [5.74, 6) is 0. The van der Waals surface area contributed by atoms with Gasteiger partial charge in [-0.2, -0.15) is 0 Å². The number of morpholine rings is 1. The third-order valence-corrected chi connectivity index (χ3v) is 2.50. The maximum absolute atomic E-state index is 11.9. The predicted octanol–water partition coefficient (Wildman–Crippen LogP) is 1.98. The number of hydrogen-bond donors (Lipinski definition) is 0. The van der Waals surface area contributed by atoms with Crippen LogP contribution in [0.2, 0.25) is 0 Å². The van der Waals surface area contributed by atoms with E-state index in [9.17, 15) is 4.79 Å². The molecular weight excluding hydrogens is 236 g/mol. The van der Waals surface area contributed by atoms with Crippen molar-refractivity contribution in [1.82, 2.24) is 9.88 Å². The second-order valence-electron chi connectivity index (χ2n) is 5.20. The zero-order valence-corrected chi connectivity index (χ0v) is 10.9. The summed E-state index contributed by atoms with van der Waals surface area (Å²) in [7, 11) is 0. The minimum Gasteiger partial charge on any atom is -0.451 e. The van der Waals surface area contributed by atoms with Gasteiger partial charge in [0.1, 0.15) is 23.7 Å². The summed E-state index contributed by atoms with van der Waals surface area (Å²) in [6.45, 7) is 6.98. The number of carbonyl (C=O) groups is 1. The number of ether oxygens (including phenoxy) is 2. The maximum Gasteiger partial charge on any atom is 0.410 e. The highest BCUT2D eigenvalue weighted by molar-refractivity contribution is 5.68. The van der Waals surface area contributed by atoms with Crippen LogP contribution in [0.25, 0.3) is 0 Å². The zero-order chi connectivity index (χ0) is 13.2. The molecule has 18 heavy (non-hydrogen) atoms. The van der Waals surface area contributed by atoms with Gasteiger partial charge in [0, 0.05) is 6.54 Å². The summed E-state index contributed by atoms with van der Waals surface area (Å²) in [4.78, 5) is 17.6. The van der Waals surface area contributed by atoms with Gasteiger partial charge >= 0.3 is 6.09 Å². The predicted molar refractivity (Wildman–Crippen MR) is 63.0 cm³/mol. The summed E-state index contributed by atoms with van der Waals surface area (Å²) in [6, 6.07) is 0. The molecule has 6 heteroatoms. The molecule has 0 aliphatic carbocycles. The van der Waals surface area contributed by atoms with Gasteiger partial charge in [-0.1, -0.05) is 0 Å².